The SMILES string of the molecule is CCCC(C)CC1C=CC(C)C1C. The van der Waals surface area contributed by atoms with Gasteiger partial charge in [-0.15, -0.1) is 0 Å². The molecule has 0 aliphatic heterocycles. The van der Waals surface area contributed by atoms with Crippen molar-refractivity contribution in [3.8, 4) is 0 Å². The van der Waals surface area contributed by atoms with Gasteiger partial charge in [0.1, 0.15) is 0 Å². The summed E-state index contributed by atoms with van der Waals surface area (Å²) in [5.41, 5.74) is 0. The van der Waals surface area contributed by atoms with Crippen molar-refractivity contribution in [2.24, 2.45) is 23.7 Å². The molecule has 1 aliphatic carbocycles. The maximum absolute atomic E-state index is 2.45. The number of allylic oxidation sites excluding steroid dienone is 2. The minimum absolute atomic E-state index is 0.804. The largest absolute Gasteiger partial charge is 0.0851 e. The molecule has 0 radical (unpaired) electrons. The van der Waals surface area contributed by atoms with Crippen molar-refractivity contribution in [3.63, 3.8) is 0 Å². The van der Waals surface area contributed by atoms with Crippen LogP contribution < -0.4 is 0 Å². The molecule has 76 valence electrons. The monoisotopic (exact) mass is 180 g/mol. The van der Waals surface area contributed by atoms with Crippen LogP contribution in [0.25, 0.3) is 0 Å². The van der Waals surface area contributed by atoms with Gasteiger partial charge in [0.15, 0.2) is 0 Å². The van der Waals surface area contributed by atoms with Gasteiger partial charge in [-0.3, -0.25) is 0 Å². The highest BCUT2D eigenvalue weighted by Gasteiger charge is 2.25. The van der Waals surface area contributed by atoms with Crippen LogP contribution in [0.5, 0.6) is 0 Å². The van der Waals surface area contributed by atoms with Crippen LogP contribution in [-0.4, -0.2) is 0 Å². The molecule has 0 heterocycles. The summed E-state index contributed by atoms with van der Waals surface area (Å²) >= 11 is 0. The number of rotatable bonds is 4. The maximum atomic E-state index is 2.45. The number of hydrogen-bond acceptors (Lipinski definition) is 0. The van der Waals surface area contributed by atoms with Gasteiger partial charge < -0.3 is 0 Å². The fraction of sp³-hybridized carbons (Fsp3) is 0.846. The summed E-state index contributed by atoms with van der Waals surface area (Å²) in [6, 6.07) is 0. The van der Waals surface area contributed by atoms with Gasteiger partial charge in [0.25, 0.3) is 0 Å². The molecule has 0 heteroatoms. The zero-order chi connectivity index (χ0) is 9.84. The molecular formula is C13H24. The van der Waals surface area contributed by atoms with Crippen LogP contribution in [0.1, 0.15) is 47.0 Å². The van der Waals surface area contributed by atoms with E-state index in [0.717, 1.165) is 23.7 Å². The van der Waals surface area contributed by atoms with Crippen LogP contribution in [0.15, 0.2) is 12.2 Å². The van der Waals surface area contributed by atoms with E-state index in [1.807, 2.05) is 0 Å². The van der Waals surface area contributed by atoms with E-state index in [0.29, 0.717) is 0 Å². The summed E-state index contributed by atoms with van der Waals surface area (Å²) in [5, 5.41) is 0. The topological polar surface area (TPSA) is 0 Å². The molecule has 0 fully saturated rings. The van der Waals surface area contributed by atoms with Crippen molar-refractivity contribution >= 4 is 0 Å². The van der Waals surface area contributed by atoms with E-state index in [9.17, 15) is 0 Å². The summed E-state index contributed by atoms with van der Waals surface area (Å²) in [7, 11) is 0. The van der Waals surface area contributed by atoms with Crippen LogP contribution >= 0.6 is 0 Å². The number of hydrogen-bond donors (Lipinski definition) is 0. The van der Waals surface area contributed by atoms with E-state index >= 15 is 0 Å². The molecule has 13 heavy (non-hydrogen) atoms. The molecular weight excluding hydrogens is 156 g/mol. The third-order valence-electron chi connectivity index (χ3n) is 3.62. The van der Waals surface area contributed by atoms with E-state index in [4.69, 9.17) is 0 Å². The highest BCUT2D eigenvalue weighted by atomic mass is 14.3. The Hall–Kier alpha value is -0.260. The zero-order valence-electron chi connectivity index (χ0n) is 9.59. The molecule has 0 amide bonds. The van der Waals surface area contributed by atoms with E-state index in [2.05, 4.69) is 39.8 Å². The van der Waals surface area contributed by atoms with Gasteiger partial charge in [0, 0.05) is 0 Å². The average Bonchev–Trinajstić information content (AvgIpc) is 2.37. The molecule has 4 atom stereocenters. The lowest BCUT2D eigenvalue weighted by atomic mass is 9.84. The van der Waals surface area contributed by atoms with Crippen LogP contribution in [0.2, 0.25) is 0 Å². The average molecular weight is 180 g/mol. The Balaban J connectivity index is 2.33. The molecule has 0 spiro atoms. The molecule has 0 aromatic carbocycles. The second-order valence-corrected chi connectivity index (χ2v) is 4.90. The summed E-state index contributed by atoms with van der Waals surface area (Å²) in [4.78, 5) is 0. The van der Waals surface area contributed by atoms with Gasteiger partial charge in [0.2, 0.25) is 0 Å². The summed E-state index contributed by atoms with van der Waals surface area (Å²) in [6.07, 6.45) is 8.97. The standard InChI is InChI=1S/C13H24/c1-5-6-10(2)9-13-8-7-11(3)12(13)4/h7-8,10-13H,5-6,9H2,1-4H3. The Morgan fingerprint density at radius 3 is 2.38 bits per heavy atom. The fourth-order valence-electron chi connectivity index (χ4n) is 2.43. The second kappa shape index (κ2) is 4.83. The van der Waals surface area contributed by atoms with E-state index in [1.165, 1.54) is 19.3 Å². The third kappa shape index (κ3) is 2.86. The molecule has 0 aromatic heterocycles. The van der Waals surface area contributed by atoms with Gasteiger partial charge in [-0.25, -0.2) is 0 Å². The maximum Gasteiger partial charge on any atom is -0.0200 e. The van der Waals surface area contributed by atoms with Crippen molar-refractivity contribution in [3.05, 3.63) is 12.2 Å². The molecule has 0 bridgehead atoms. The molecule has 1 aliphatic rings. The summed E-state index contributed by atoms with van der Waals surface area (Å²) in [5.74, 6) is 3.45. The Morgan fingerprint density at radius 2 is 1.92 bits per heavy atom. The first-order valence-electron chi connectivity index (χ1n) is 5.83. The fourth-order valence-corrected chi connectivity index (χ4v) is 2.43. The molecule has 0 N–H and O–H groups in total. The van der Waals surface area contributed by atoms with Crippen molar-refractivity contribution in [1.82, 2.24) is 0 Å². The quantitative estimate of drug-likeness (QED) is 0.567. The molecule has 0 saturated carbocycles. The molecule has 0 nitrogen and oxygen atoms in total. The van der Waals surface area contributed by atoms with Crippen molar-refractivity contribution < 1.29 is 0 Å². The Kier molecular flexibility index (Phi) is 4.02. The minimum Gasteiger partial charge on any atom is -0.0851 e. The third-order valence-corrected chi connectivity index (χ3v) is 3.62. The first kappa shape index (κ1) is 10.8. The molecule has 0 saturated heterocycles. The van der Waals surface area contributed by atoms with Gasteiger partial charge in [0.05, 0.1) is 0 Å². The summed E-state index contributed by atoms with van der Waals surface area (Å²) in [6.45, 7) is 9.42. The van der Waals surface area contributed by atoms with Gasteiger partial charge in [-0.2, -0.15) is 0 Å². The van der Waals surface area contributed by atoms with Gasteiger partial charge in [-0.1, -0.05) is 52.7 Å². The summed E-state index contributed by atoms with van der Waals surface area (Å²) < 4.78 is 0. The van der Waals surface area contributed by atoms with Crippen molar-refractivity contribution in [1.29, 1.82) is 0 Å². The molecule has 4 unspecified atom stereocenters. The van der Waals surface area contributed by atoms with Crippen molar-refractivity contribution in [2.45, 2.75) is 47.0 Å². The first-order chi connectivity index (χ1) is 6.15. The molecule has 1 rings (SSSR count). The second-order valence-electron chi connectivity index (χ2n) is 4.90. The molecule has 0 aromatic rings. The normalized spacial score (nSPS) is 35.2. The first-order valence-corrected chi connectivity index (χ1v) is 5.83. The lowest BCUT2D eigenvalue weighted by Gasteiger charge is -2.21. The van der Waals surface area contributed by atoms with E-state index in [-0.39, 0.29) is 0 Å². The predicted molar refractivity (Wildman–Crippen MR) is 59.6 cm³/mol. The lowest BCUT2D eigenvalue weighted by Crippen LogP contribution is -2.13. The van der Waals surface area contributed by atoms with E-state index < -0.39 is 0 Å². The van der Waals surface area contributed by atoms with Crippen LogP contribution in [0, 0.1) is 23.7 Å². The Bertz CT molecular complexity index is 169. The highest BCUT2D eigenvalue weighted by Crippen LogP contribution is 2.34. The Morgan fingerprint density at radius 1 is 1.23 bits per heavy atom. The van der Waals surface area contributed by atoms with Crippen LogP contribution in [0.3, 0.4) is 0 Å². The van der Waals surface area contributed by atoms with E-state index in [1.54, 1.807) is 0 Å². The Labute approximate surface area is 83.4 Å². The highest BCUT2D eigenvalue weighted by molar-refractivity contribution is 5.04. The zero-order valence-corrected chi connectivity index (χ0v) is 9.59. The van der Waals surface area contributed by atoms with Gasteiger partial charge >= 0.3 is 0 Å². The minimum atomic E-state index is 0.804. The predicted octanol–water partition coefficient (Wildman–Crippen LogP) is 4.27. The lowest BCUT2D eigenvalue weighted by molar-refractivity contribution is 0.314. The van der Waals surface area contributed by atoms with Gasteiger partial charge in [-0.05, 0) is 30.1 Å². The van der Waals surface area contributed by atoms with Crippen molar-refractivity contribution in [2.75, 3.05) is 0 Å². The smallest absolute Gasteiger partial charge is 0.0200 e. The van der Waals surface area contributed by atoms with Crippen LogP contribution in [-0.2, 0) is 0 Å². The van der Waals surface area contributed by atoms with Crippen LogP contribution in [0.4, 0.5) is 0 Å².